The molecule has 1 aliphatic carbocycles. The molecule has 0 bridgehead atoms. The third-order valence-electron chi connectivity index (χ3n) is 4.63. The molecule has 0 radical (unpaired) electrons. The Bertz CT molecular complexity index is 903. The quantitative estimate of drug-likeness (QED) is 0.759. The predicted molar refractivity (Wildman–Crippen MR) is 98.7 cm³/mol. The minimum Gasteiger partial charge on any atom is -0.447 e. The van der Waals surface area contributed by atoms with Crippen LogP contribution in [0.4, 0.5) is 4.79 Å². The van der Waals surface area contributed by atoms with E-state index in [4.69, 9.17) is 4.74 Å². The molecule has 150 valence electrons. The monoisotopic (exact) mass is 388 g/mol. The molecule has 0 unspecified atom stereocenters. The first kappa shape index (κ1) is 19.7. The van der Waals surface area contributed by atoms with E-state index in [1.807, 2.05) is 13.8 Å². The van der Waals surface area contributed by atoms with Gasteiger partial charge in [0, 0.05) is 17.4 Å². The summed E-state index contributed by atoms with van der Waals surface area (Å²) in [7, 11) is 0. The van der Waals surface area contributed by atoms with Crippen LogP contribution in [-0.4, -0.2) is 49.6 Å². The first-order chi connectivity index (χ1) is 13.3. The molecule has 28 heavy (non-hydrogen) atoms. The molecule has 3 amide bonds. The molecule has 0 aliphatic heterocycles. The van der Waals surface area contributed by atoms with Crippen LogP contribution in [-0.2, 0) is 9.53 Å². The van der Waals surface area contributed by atoms with Crippen molar-refractivity contribution in [1.82, 2.24) is 30.2 Å². The predicted octanol–water partition coefficient (Wildman–Crippen LogP) is 1.44. The van der Waals surface area contributed by atoms with Gasteiger partial charge in [-0.1, -0.05) is 19.3 Å². The van der Waals surface area contributed by atoms with E-state index in [0.29, 0.717) is 0 Å². The van der Waals surface area contributed by atoms with Crippen LogP contribution < -0.4 is 10.6 Å². The Labute approximate surface area is 162 Å². The SMILES string of the molecule is Cc1cc(C)n2nc(C(=O)O[C@H](C)C(=O)NC(=O)NC3CCCCC3)nc2n1. The summed E-state index contributed by atoms with van der Waals surface area (Å²) < 4.78 is 6.51. The Morgan fingerprint density at radius 2 is 1.89 bits per heavy atom. The van der Waals surface area contributed by atoms with Crippen molar-refractivity contribution in [2.24, 2.45) is 0 Å². The highest BCUT2D eigenvalue weighted by Crippen LogP contribution is 2.17. The van der Waals surface area contributed by atoms with Crippen LogP contribution >= 0.6 is 0 Å². The van der Waals surface area contributed by atoms with Crippen molar-refractivity contribution in [3.63, 3.8) is 0 Å². The lowest BCUT2D eigenvalue weighted by molar-refractivity contribution is -0.127. The van der Waals surface area contributed by atoms with Gasteiger partial charge in [0.2, 0.25) is 0 Å². The normalized spacial score (nSPS) is 15.8. The van der Waals surface area contributed by atoms with Crippen LogP contribution in [0.25, 0.3) is 5.78 Å². The summed E-state index contributed by atoms with van der Waals surface area (Å²) in [6.07, 6.45) is 3.92. The van der Waals surface area contributed by atoms with E-state index in [2.05, 4.69) is 25.7 Å². The van der Waals surface area contributed by atoms with Gasteiger partial charge in [-0.05, 0) is 39.7 Å². The summed E-state index contributed by atoms with van der Waals surface area (Å²) in [5, 5.41) is 9.04. The second kappa shape index (κ2) is 8.32. The van der Waals surface area contributed by atoms with Gasteiger partial charge in [-0.25, -0.2) is 19.1 Å². The molecule has 1 fully saturated rings. The number of ether oxygens (including phenoxy) is 1. The van der Waals surface area contributed by atoms with E-state index >= 15 is 0 Å². The maximum atomic E-state index is 12.3. The minimum atomic E-state index is -1.17. The van der Waals surface area contributed by atoms with Crippen LogP contribution in [0.15, 0.2) is 6.07 Å². The first-order valence-electron chi connectivity index (χ1n) is 9.37. The number of urea groups is 1. The van der Waals surface area contributed by atoms with Crippen molar-refractivity contribution < 1.29 is 19.1 Å². The highest BCUT2D eigenvalue weighted by atomic mass is 16.5. The lowest BCUT2D eigenvalue weighted by atomic mass is 9.96. The van der Waals surface area contributed by atoms with Gasteiger partial charge < -0.3 is 10.1 Å². The number of aromatic nitrogens is 4. The molecule has 0 aromatic carbocycles. The second-order valence-corrected chi connectivity index (χ2v) is 7.03. The van der Waals surface area contributed by atoms with Gasteiger partial charge in [0.15, 0.2) is 6.10 Å². The number of hydrogen-bond donors (Lipinski definition) is 2. The van der Waals surface area contributed by atoms with E-state index in [1.54, 1.807) is 6.07 Å². The number of nitrogens with one attached hydrogen (secondary N) is 2. The van der Waals surface area contributed by atoms with Crippen molar-refractivity contribution in [2.45, 2.75) is 65.0 Å². The minimum absolute atomic E-state index is 0.0702. The number of carbonyl (C=O) groups excluding carboxylic acids is 3. The third-order valence-corrected chi connectivity index (χ3v) is 4.63. The highest BCUT2D eigenvalue weighted by molar-refractivity contribution is 5.98. The van der Waals surface area contributed by atoms with Crippen LogP contribution in [0.1, 0.15) is 61.0 Å². The Kier molecular flexibility index (Phi) is 5.86. The summed E-state index contributed by atoms with van der Waals surface area (Å²) in [5.74, 6) is -1.51. The van der Waals surface area contributed by atoms with E-state index < -0.39 is 24.0 Å². The summed E-state index contributed by atoms with van der Waals surface area (Å²) >= 11 is 0. The number of aryl methyl sites for hydroxylation is 2. The fourth-order valence-electron chi connectivity index (χ4n) is 3.20. The maximum Gasteiger partial charge on any atom is 0.379 e. The summed E-state index contributed by atoms with van der Waals surface area (Å²) in [4.78, 5) is 44.6. The van der Waals surface area contributed by atoms with Crippen molar-refractivity contribution >= 4 is 23.7 Å². The fraction of sp³-hybridized carbons (Fsp3) is 0.556. The number of nitrogens with zero attached hydrogens (tertiary/aromatic N) is 4. The molecule has 2 aromatic heterocycles. The lowest BCUT2D eigenvalue weighted by Gasteiger charge is -2.23. The highest BCUT2D eigenvalue weighted by Gasteiger charge is 2.25. The molecule has 2 aromatic rings. The number of amides is 3. The Hall–Kier alpha value is -3.04. The summed E-state index contributed by atoms with van der Waals surface area (Å²) in [6.45, 7) is 5.00. The molecule has 0 saturated heterocycles. The van der Waals surface area contributed by atoms with Crippen LogP contribution in [0.5, 0.6) is 0 Å². The molecule has 10 nitrogen and oxygen atoms in total. The smallest absolute Gasteiger partial charge is 0.379 e. The number of fused-ring (bicyclic) bond motifs is 1. The average molecular weight is 388 g/mol. The molecule has 3 rings (SSSR count). The first-order valence-corrected chi connectivity index (χ1v) is 9.37. The fourth-order valence-corrected chi connectivity index (χ4v) is 3.20. The van der Waals surface area contributed by atoms with Gasteiger partial charge in [0.05, 0.1) is 0 Å². The third kappa shape index (κ3) is 4.62. The van der Waals surface area contributed by atoms with Crippen molar-refractivity contribution in [1.29, 1.82) is 0 Å². The van der Waals surface area contributed by atoms with Gasteiger partial charge in [-0.3, -0.25) is 10.1 Å². The molecule has 2 heterocycles. The Morgan fingerprint density at radius 1 is 1.18 bits per heavy atom. The van der Waals surface area contributed by atoms with Crippen molar-refractivity contribution in [3.05, 3.63) is 23.3 Å². The van der Waals surface area contributed by atoms with E-state index in [-0.39, 0.29) is 17.6 Å². The van der Waals surface area contributed by atoms with E-state index in [1.165, 1.54) is 11.4 Å². The van der Waals surface area contributed by atoms with Crippen LogP contribution in [0.3, 0.4) is 0 Å². The lowest BCUT2D eigenvalue weighted by Crippen LogP contribution is -2.48. The number of hydrogen-bond acceptors (Lipinski definition) is 7. The standard InChI is InChI=1S/C18H24N6O4/c1-10-9-11(2)24-17(19-10)21-14(23-24)16(26)28-12(3)15(25)22-18(27)20-13-7-5-4-6-8-13/h9,12-13H,4-8H2,1-3H3,(H2,20,22,25,27)/t12-/m1/s1. The van der Waals surface area contributed by atoms with Gasteiger partial charge in [0.25, 0.3) is 17.5 Å². The topological polar surface area (TPSA) is 128 Å². The van der Waals surface area contributed by atoms with Crippen molar-refractivity contribution in [3.8, 4) is 0 Å². The van der Waals surface area contributed by atoms with Gasteiger partial charge >= 0.3 is 12.0 Å². The Balaban J connectivity index is 1.56. The summed E-state index contributed by atoms with van der Waals surface area (Å²) in [5.41, 5.74) is 1.51. The zero-order chi connectivity index (χ0) is 20.3. The molecule has 2 N–H and O–H groups in total. The molecule has 1 atom stereocenters. The van der Waals surface area contributed by atoms with Gasteiger partial charge in [-0.2, -0.15) is 4.98 Å². The number of imide groups is 1. The second-order valence-electron chi connectivity index (χ2n) is 7.03. The molecule has 1 aliphatic rings. The maximum absolute atomic E-state index is 12.3. The van der Waals surface area contributed by atoms with Gasteiger partial charge in [-0.15, -0.1) is 5.10 Å². The number of carbonyl (C=O) groups is 3. The van der Waals surface area contributed by atoms with Crippen LogP contribution in [0, 0.1) is 13.8 Å². The number of esters is 1. The molecule has 10 heteroatoms. The molecule has 1 saturated carbocycles. The van der Waals surface area contributed by atoms with E-state index in [0.717, 1.165) is 43.5 Å². The summed E-state index contributed by atoms with van der Waals surface area (Å²) in [6, 6.07) is 1.29. The Morgan fingerprint density at radius 3 is 2.61 bits per heavy atom. The molecule has 0 spiro atoms. The van der Waals surface area contributed by atoms with Gasteiger partial charge in [0.1, 0.15) is 0 Å². The molecular formula is C18H24N6O4. The zero-order valence-electron chi connectivity index (χ0n) is 16.2. The number of rotatable bonds is 4. The average Bonchev–Trinajstić information content (AvgIpc) is 3.06. The largest absolute Gasteiger partial charge is 0.447 e. The zero-order valence-corrected chi connectivity index (χ0v) is 16.2. The van der Waals surface area contributed by atoms with E-state index in [9.17, 15) is 14.4 Å². The van der Waals surface area contributed by atoms with Crippen molar-refractivity contribution in [2.75, 3.05) is 0 Å². The molecular weight excluding hydrogens is 364 g/mol. The van der Waals surface area contributed by atoms with Crippen LogP contribution in [0.2, 0.25) is 0 Å².